The molecule has 22 heavy (non-hydrogen) atoms. The topological polar surface area (TPSA) is 59.0 Å². The highest BCUT2D eigenvalue weighted by atomic mass is 35.5. The summed E-state index contributed by atoms with van der Waals surface area (Å²) in [4.78, 5) is 11.9. The molecular weight excluding hydrogens is 300 g/mol. The van der Waals surface area contributed by atoms with Crippen LogP contribution >= 0.6 is 11.6 Å². The van der Waals surface area contributed by atoms with Gasteiger partial charge in [-0.2, -0.15) is 5.10 Å². The zero-order valence-corrected chi connectivity index (χ0v) is 13.8. The molecule has 0 saturated heterocycles. The maximum Gasteiger partial charge on any atom is 0.315 e. The van der Waals surface area contributed by atoms with Crippen LogP contribution in [0.15, 0.2) is 30.3 Å². The van der Waals surface area contributed by atoms with E-state index in [2.05, 4.69) is 15.7 Å². The molecule has 0 bridgehead atoms. The van der Waals surface area contributed by atoms with Crippen molar-refractivity contribution in [1.29, 1.82) is 0 Å². The molecule has 0 aliphatic heterocycles. The first-order chi connectivity index (χ1) is 10.5. The zero-order chi connectivity index (χ0) is 16.1. The third-order valence-corrected chi connectivity index (χ3v) is 3.69. The van der Waals surface area contributed by atoms with E-state index in [0.717, 1.165) is 17.0 Å². The molecule has 0 aliphatic carbocycles. The fourth-order valence-corrected chi connectivity index (χ4v) is 2.46. The lowest BCUT2D eigenvalue weighted by molar-refractivity contribution is 0.235. The molecule has 5 nitrogen and oxygen atoms in total. The van der Waals surface area contributed by atoms with Gasteiger partial charge in [-0.25, -0.2) is 4.79 Å². The van der Waals surface area contributed by atoms with E-state index in [1.54, 1.807) is 0 Å². The van der Waals surface area contributed by atoms with Crippen molar-refractivity contribution in [2.75, 3.05) is 0 Å². The lowest BCUT2D eigenvalue weighted by Gasteiger charge is -2.16. The number of urea groups is 1. The van der Waals surface area contributed by atoms with Crippen LogP contribution in [0, 0.1) is 13.8 Å². The average Bonchev–Trinajstić information content (AvgIpc) is 2.75. The van der Waals surface area contributed by atoms with Crippen molar-refractivity contribution < 1.29 is 4.79 Å². The molecule has 6 heteroatoms. The standard InChI is InChI=1S/C16H21ClN4O/c1-11-8-13(3)21(20-11)10-12(2)19-16(22)18-9-14-6-4-5-7-15(14)17/h4-8,12H,9-10H2,1-3H3,(H2,18,19,22). The minimum atomic E-state index is -0.214. The van der Waals surface area contributed by atoms with Crippen molar-refractivity contribution in [3.63, 3.8) is 0 Å². The number of aryl methyl sites for hydroxylation is 2. The predicted molar refractivity (Wildman–Crippen MR) is 88.0 cm³/mol. The van der Waals surface area contributed by atoms with Gasteiger partial charge in [-0.1, -0.05) is 29.8 Å². The Hall–Kier alpha value is -2.01. The van der Waals surface area contributed by atoms with Gasteiger partial charge in [-0.15, -0.1) is 0 Å². The van der Waals surface area contributed by atoms with E-state index in [1.807, 2.05) is 55.8 Å². The number of carbonyl (C=O) groups excluding carboxylic acids is 1. The van der Waals surface area contributed by atoms with Crippen molar-refractivity contribution in [3.05, 3.63) is 52.3 Å². The Balaban J connectivity index is 1.81. The molecule has 1 heterocycles. The molecule has 2 N–H and O–H groups in total. The number of hydrogen-bond acceptors (Lipinski definition) is 2. The van der Waals surface area contributed by atoms with Crippen molar-refractivity contribution in [2.45, 2.75) is 39.9 Å². The molecule has 1 aromatic heterocycles. The van der Waals surface area contributed by atoms with Crippen LogP contribution in [0.5, 0.6) is 0 Å². The first kappa shape index (κ1) is 16.4. The van der Waals surface area contributed by atoms with Gasteiger partial charge < -0.3 is 10.6 Å². The summed E-state index contributed by atoms with van der Waals surface area (Å²) in [5, 5.41) is 10.8. The molecule has 1 unspecified atom stereocenters. The fraction of sp³-hybridized carbons (Fsp3) is 0.375. The van der Waals surface area contributed by atoms with Gasteiger partial charge in [0.1, 0.15) is 0 Å². The molecule has 0 saturated carbocycles. The first-order valence-electron chi connectivity index (χ1n) is 7.24. The van der Waals surface area contributed by atoms with E-state index in [-0.39, 0.29) is 12.1 Å². The summed E-state index contributed by atoms with van der Waals surface area (Å²) >= 11 is 6.06. The Kier molecular flexibility index (Phi) is 5.44. The van der Waals surface area contributed by atoms with Gasteiger partial charge in [0.15, 0.2) is 0 Å². The molecule has 0 aliphatic rings. The van der Waals surface area contributed by atoms with Crippen LogP contribution in [0.25, 0.3) is 0 Å². The molecule has 0 fully saturated rings. The molecule has 1 aromatic carbocycles. The summed E-state index contributed by atoms with van der Waals surface area (Å²) in [5.41, 5.74) is 2.96. The molecule has 2 amide bonds. The Morgan fingerprint density at radius 2 is 2.09 bits per heavy atom. The number of hydrogen-bond donors (Lipinski definition) is 2. The van der Waals surface area contributed by atoms with E-state index >= 15 is 0 Å². The van der Waals surface area contributed by atoms with Gasteiger partial charge in [0.2, 0.25) is 0 Å². The van der Waals surface area contributed by atoms with Gasteiger partial charge >= 0.3 is 6.03 Å². The number of aromatic nitrogens is 2. The van der Waals surface area contributed by atoms with Crippen LogP contribution in [-0.4, -0.2) is 21.9 Å². The summed E-state index contributed by atoms with van der Waals surface area (Å²) in [6.45, 7) is 6.95. The van der Waals surface area contributed by atoms with E-state index in [4.69, 9.17) is 11.6 Å². The van der Waals surface area contributed by atoms with Crippen LogP contribution in [-0.2, 0) is 13.1 Å². The van der Waals surface area contributed by atoms with Crippen molar-refractivity contribution in [3.8, 4) is 0 Å². The molecule has 0 spiro atoms. The number of halogens is 1. The van der Waals surface area contributed by atoms with E-state index < -0.39 is 0 Å². The highest BCUT2D eigenvalue weighted by molar-refractivity contribution is 6.31. The molecule has 2 aromatic rings. The van der Waals surface area contributed by atoms with E-state index in [9.17, 15) is 4.79 Å². The second-order valence-electron chi connectivity index (χ2n) is 5.43. The predicted octanol–water partition coefficient (Wildman–Crippen LogP) is 3.04. The maximum absolute atomic E-state index is 11.9. The Morgan fingerprint density at radius 1 is 1.36 bits per heavy atom. The molecule has 1 atom stereocenters. The summed E-state index contributed by atoms with van der Waals surface area (Å²) < 4.78 is 1.90. The van der Waals surface area contributed by atoms with Crippen molar-refractivity contribution in [2.24, 2.45) is 0 Å². The second kappa shape index (κ2) is 7.31. The molecule has 2 rings (SSSR count). The zero-order valence-electron chi connectivity index (χ0n) is 13.1. The minimum Gasteiger partial charge on any atom is -0.334 e. The van der Waals surface area contributed by atoms with Crippen molar-refractivity contribution >= 4 is 17.6 Å². The fourth-order valence-electron chi connectivity index (χ4n) is 2.26. The highest BCUT2D eigenvalue weighted by Gasteiger charge is 2.10. The maximum atomic E-state index is 11.9. The minimum absolute atomic E-state index is 0.0238. The smallest absolute Gasteiger partial charge is 0.315 e. The van der Waals surface area contributed by atoms with E-state index in [0.29, 0.717) is 18.1 Å². The number of nitrogens with one attached hydrogen (secondary N) is 2. The first-order valence-corrected chi connectivity index (χ1v) is 7.62. The van der Waals surface area contributed by atoms with Gasteiger partial charge in [0.05, 0.1) is 12.2 Å². The third kappa shape index (κ3) is 4.49. The van der Waals surface area contributed by atoms with Crippen LogP contribution in [0.2, 0.25) is 5.02 Å². The largest absolute Gasteiger partial charge is 0.334 e. The summed E-state index contributed by atoms with van der Waals surface area (Å²) in [5.74, 6) is 0. The monoisotopic (exact) mass is 320 g/mol. The molecule has 0 radical (unpaired) electrons. The second-order valence-corrected chi connectivity index (χ2v) is 5.84. The van der Waals surface area contributed by atoms with Gasteiger partial charge in [0, 0.05) is 23.3 Å². The van der Waals surface area contributed by atoms with E-state index in [1.165, 1.54) is 0 Å². The number of benzene rings is 1. The quantitative estimate of drug-likeness (QED) is 0.889. The summed E-state index contributed by atoms with van der Waals surface area (Å²) in [6, 6.07) is 9.24. The average molecular weight is 321 g/mol. The van der Waals surface area contributed by atoms with Gasteiger partial charge in [-0.3, -0.25) is 4.68 Å². The lowest BCUT2D eigenvalue weighted by Crippen LogP contribution is -2.42. The number of carbonyl (C=O) groups is 1. The summed E-state index contributed by atoms with van der Waals surface area (Å²) in [6.07, 6.45) is 0. The van der Waals surface area contributed by atoms with Crippen molar-refractivity contribution in [1.82, 2.24) is 20.4 Å². The normalized spacial score (nSPS) is 12.0. The van der Waals surface area contributed by atoms with Gasteiger partial charge in [-0.05, 0) is 38.5 Å². The van der Waals surface area contributed by atoms with Crippen LogP contribution < -0.4 is 10.6 Å². The third-order valence-electron chi connectivity index (χ3n) is 3.32. The number of amides is 2. The Labute approximate surface area is 135 Å². The van der Waals surface area contributed by atoms with Crippen LogP contribution in [0.3, 0.4) is 0 Å². The van der Waals surface area contributed by atoms with Crippen LogP contribution in [0.4, 0.5) is 4.79 Å². The number of nitrogens with zero attached hydrogens (tertiary/aromatic N) is 2. The Bertz CT molecular complexity index is 653. The lowest BCUT2D eigenvalue weighted by atomic mass is 10.2. The molecular formula is C16H21ClN4O. The highest BCUT2D eigenvalue weighted by Crippen LogP contribution is 2.14. The SMILES string of the molecule is Cc1cc(C)n(CC(C)NC(=O)NCc2ccccc2Cl)n1. The van der Waals surface area contributed by atoms with Crippen LogP contribution in [0.1, 0.15) is 23.9 Å². The number of rotatable bonds is 5. The van der Waals surface area contributed by atoms with Gasteiger partial charge in [0.25, 0.3) is 0 Å². The summed E-state index contributed by atoms with van der Waals surface area (Å²) in [7, 11) is 0. The Morgan fingerprint density at radius 3 is 2.73 bits per heavy atom. The molecule has 118 valence electrons.